The number of halogens is 3. The van der Waals surface area contributed by atoms with Crippen molar-refractivity contribution in [2.24, 2.45) is 0 Å². The van der Waals surface area contributed by atoms with Gasteiger partial charge in [-0.1, -0.05) is 0 Å². The van der Waals surface area contributed by atoms with Gasteiger partial charge in [0.05, 0.1) is 4.99 Å². The lowest BCUT2D eigenvalue weighted by Gasteiger charge is -2.08. The molecule has 0 saturated carbocycles. The third-order valence-corrected chi connectivity index (χ3v) is 1.42. The molecule has 1 aliphatic rings. The molecule has 0 aliphatic carbocycles. The molecule has 0 saturated heterocycles. The van der Waals surface area contributed by atoms with E-state index in [0.717, 1.165) is 0 Å². The summed E-state index contributed by atoms with van der Waals surface area (Å²) in [7, 11) is -6.09. The highest BCUT2D eigenvalue weighted by atomic mass is 32.2. The summed E-state index contributed by atoms with van der Waals surface area (Å²) < 4.78 is 58.9. The Hall–Kier alpha value is -1.15. The van der Waals surface area contributed by atoms with Gasteiger partial charge in [-0.15, -0.1) is 0 Å². The minimum atomic E-state index is -6.09. The molecule has 79 valence electrons. The average molecular weight is 228 g/mol. The lowest BCUT2D eigenvalue weighted by molar-refractivity contribution is -0.0517. The van der Waals surface area contributed by atoms with Gasteiger partial charge in [-0.05, 0) is 6.08 Å². The molecule has 0 aromatic rings. The second-order valence-electron chi connectivity index (χ2n) is 1.92. The minimum Gasteiger partial charge on any atom is -0.741 e. The summed E-state index contributed by atoms with van der Waals surface area (Å²) in [5.74, 6) is 0. The van der Waals surface area contributed by atoms with E-state index in [1.807, 2.05) is 18.2 Å². The zero-order valence-corrected chi connectivity index (χ0v) is 7.42. The molecule has 1 heterocycles. The summed E-state index contributed by atoms with van der Waals surface area (Å²) in [6.45, 7) is 0. The molecule has 0 unspecified atom stereocenters. The smallest absolute Gasteiger partial charge is 0.485 e. The van der Waals surface area contributed by atoms with Crippen LogP contribution >= 0.6 is 0 Å². The molecule has 8 heteroatoms. The largest absolute Gasteiger partial charge is 0.741 e. The monoisotopic (exact) mass is 228 g/mol. The van der Waals surface area contributed by atoms with E-state index in [-0.39, 0.29) is 0 Å². The van der Waals surface area contributed by atoms with Crippen LogP contribution in [-0.4, -0.2) is 24.7 Å². The summed E-state index contributed by atoms with van der Waals surface area (Å²) in [5.41, 5.74) is -5.65. The van der Waals surface area contributed by atoms with Crippen LogP contribution in [0, 0.1) is 0 Å². The third kappa shape index (κ3) is 5.49. The van der Waals surface area contributed by atoms with Gasteiger partial charge in [-0.3, -0.25) is 0 Å². The van der Waals surface area contributed by atoms with Gasteiger partial charge >= 0.3 is 5.51 Å². The van der Waals surface area contributed by atoms with Crippen LogP contribution in [0.15, 0.2) is 24.4 Å². The topological polar surface area (TPSA) is 71.3 Å². The Bertz CT molecular complexity index is 317. The Morgan fingerprint density at radius 3 is 1.71 bits per heavy atom. The van der Waals surface area contributed by atoms with Crippen LogP contribution in [0.3, 0.4) is 0 Å². The number of alkyl halides is 3. The number of aliphatic imine (C=N–C) groups is 1. The molecular weight excluding hydrogens is 223 g/mol. The van der Waals surface area contributed by atoms with E-state index in [1.165, 1.54) is 0 Å². The number of rotatable bonds is 0. The maximum absolute atomic E-state index is 10.7. The second kappa shape index (κ2) is 4.91. The van der Waals surface area contributed by atoms with Crippen molar-refractivity contribution in [3.05, 3.63) is 24.4 Å². The van der Waals surface area contributed by atoms with Crippen molar-refractivity contribution >= 4 is 16.3 Å². The SMILES string of the molecule is C1=CC=[N+]C=C1.O=S(=O)([O-])C(F)(F)F. The van der Waals surface area contributed by atoms with E-state index in [1.54, 1.807) is 12.4 Å². The molecule has 0 amide bonds. The molecule has 1 aliphatic heterocycles. The average Bonchev–Trinajstić information content (AvgIpc) is 2.05. The summed E-state index contributed by atoms with van der Waals surface area (Å²) in [5, 5.41) is 0. The Labute approximate surface area is 78.2 Å². The van der Waals surface area contributed by atoms with Crippen LogP contribution in [0.4, 0.5) is 13.2 Å². The van der Waals surface area contributed by atoms with Crippen molar-refractivity contribution in [1.29, 1.82) is 0 Å². The Morgan fingerprint density at radius 1 is 1.14 bits per heavy atom. The fraction of sp³-hybridized carbons (Fsp3) is 0.167. The predicted octanol–water partition coefficient (Wildman–Crippen LogP) is 0.528. The maximum Gasteiger partial charge on any atom is 0.485 e. The first-order valence-corrected chi connectivity index (χ1v) is 4.53. The summed E-state index contributed by atoms with van der Waals surface area (Å²) >= 11 is 0. The van der Waals surface area contributed by atoms with Crippen molar-refractivity contribution in [2.45, 2.75) is 5.51 Å². The molecular formula is C6H5F3NO3S. The lowest BCUT2D eigenvalue weighted by atomic mass is 10.4. The van der Waals surface area contributed by atoms with E-state index < -0.39 is 15.6 Å². The molecule has 14 heavy (non-hydrogen) atoms. The van der Waals surface area contributed by atoms with E-state index in [9.17, 15) is 13.2 Å². The zero-order chi connectivity index (χ0) is 11.2. The number of nitrogens with zero attached hydrogens (tertiary/aromatic N) is 1. The van der Waals surface area contributed by atoms with Gasteiger partial charge in [0.25, 0.3) is 0 Å². The predicted molar refractivity (Wildman–Crippen MR) is 42.2 cm³/mol. The third-order valence-electron chi connectivity index (χ3n) is 0.850. The first-order chi connectivity index (χ1) is 6.25. The van der Waals surface area contributed by atoms with Gasteiger partial charge in [0.1, 0.15) is 0 Å². The van der Waals surface area contributed by atoms with E-state index in [0.29, 0.717) is 0 Å². The van der Waals surface area contributed by atoms with Crippen molar-refractivity contribution in [1.82, 2.24) is 4.99 Å². The molecule has 0 bridgehead atoms. The van der Waals surface area contributed by atoms with Crippen molar-refractivity contribution in [3.63, 3.8) is 0 Å². The van der Waals surface area contributed by atoms with Gasteiger partial charge < -0.3 is 4.55 Å². The van der Waals surface area contributed by atoms with Crippen molar-refractivity contribution < 1.29 is 26.1 Å². The van der Waals surface area contributed by atoms with E-state index in [2.05, 4.69) is 4.99 Å². The van der Waals surface area contributed by atoms with Crippen LogP contribution in [0.2, 0.25) is 0 Å². The van der Waals surface area contributed by atoms with Crippen molar-refractivity contribution in [3.8, 4) is 0 Å². The lowest BCUT2D eigenvalue weighted by Crippen LogP contribution is -2.21. The number of allylic oxidation sites excluding steroid dienone is 3. The first kappa shape index (κ1) is 12.8. The summed E-state index contributed by atoms with van der Waals surface area (Å²) in [6, 6.07) is 0. The van der Waals surface area contributed by atoms with Gasteiger partial charge in [0.15, 0.2) is 10.1 Å². The molecule has 4 nitrogen and oxygen atoms in total. The van der Waals surface area contributed by atoms with Crippen LogP contribution < -0.4 is 4.99 Å². The highest BCUT2D eigenvalue weighted by Crippen LogP contribution is 2.20. The first-order valence-electron chi connectivity index (χ1n) is 3.12. The standard InChI is InChI=1S/C5H5N.CHF3O3S/c1-2-4-6-5-3-1;2-1(3,4)8(5,6)7/h1-5H;(H,5,6,7)/q+1;/p-1. The fourth-order valence-corrected chi connectivity index (χ4v) is 0.313. The molecule has 1 rings (SSSR count). The Balaban J connectivity index is 0.000000249. The number of hydrogen-bond acceptors (Lipinski definition) is 4. The van der Waals surface area contributed by atoms with Gasteiger partial charge in [-0.2, -0.15) is 13.2 Å². The van der Waals surface area contributed by atoms with Crippen LogP contribution in [0.5, 0.6) is 0 Å². The van der Waals surface area contributed by atoms with E-state index in [4.69, 9.17) is 13.0 Å². The minimum absolute atomic E-state index is 1.75. The molecule has 0 fully saturated rings. The Morgan fingerprint density at radius 2 is 1.64 bits per heavy atom. The van der Waals surface area contributed by atoms with Crippen molar-refractivity contribution in [2.75, 3.05) is 0 Å². The second-order valence-corrected chi connectivity index (χ2v) is 3.30. The van der Waals surface area contributed by atoms with Gasteiger partial charge in [-0.25, -0.2) is 8.42 Å². The number of hydrogen-bond donors (Lipinski definition) is 0. The highest BCUT2D eigenvalue weighted by molar-refractivity contribution is 7.86. The van der Waals surface area contributed by atoms with Gasteiger partial charge in [0, 0.05) is 12.2 Å². The molecule has 0 spiro atoms. The van der Waals surface area contributed by atoms with Gasteiger partial charge in [0.2, 0.25) is 12.4 Å². The molecule has 0 atom stereocenters. The zero-order valence-electron chi connectivity index (χ0n) is 6.60. The Kier molecular flexibility index (Phi) is 4.51. The van der Waals surface area contributed by atoms with Crippen LogP contribution in [0.25, 0.3) is 0 Å². The molecule has 0 aromatic carbocycles. The fourth-order valence-electron chi connectivity index (χ4n) is 0.313. The van der Waals surface area contributed by atoms with Crippen LogP contribution in [-0.2, 0) is 10.1 Å². The maximum atomic E-state index is 10.7. The van der Waals surface area contributed by atoms with Crippen LogP contribution in [0.1, 0.15) is 0 Å². The molecule has 0 N–H and O–H groups in total. The molecule has 1 radical (unpaired) electrons. The van der Waals surface area contributed by atoms with E-state index >= 15 is 0 Å². The quantitative estimate of drug-likeness (QED) is 0.448. The summed E-state index contributed by atoms with van der Waals surface area (Å²) in [4.78, 5) is 3.78. The highest BCUT2D eigenvalue weighted by Gasteiger charge is 2.36. The normalized spacial score (nSPS) is 14.9. The summed E-state index contributed by atoms with van der Waals surface area (Å²) in [6.07, 6.45) is 9.22. The molecule has 0 aromatic heterocycles.